The van der Waals surface area contributed by atoms with Crippen LogP contribution in [-0.4, -0.2) is 53.6 Å². The van der Waals surface area contributed by atoms with Crippen LogP contribution < -0.4 is 22.1 Å². The Morgan fingerprint density at radius 2 is 1.84 bits per heavy atom. The number of guanidine groups is 1. The standard InChI is InChI=1S/C21H29N5O5/c1-13(27)25-17-15(26-21(22)23)12-16(20(29)30)31-18(17)19(28)24-11-7-3-6-10-14-8-4-2-5-9-14/h2,4-5,8-9,12,15,17-18H,3,6-7,10-11H2,1H3,(H,24,28)(H,25,27)(H,29,30)(H4,22,23,26)/t15-,17+,18+/m0/s1. The summed E-state index contributed by atoms with van der Waals surface area (Å²) in [7, 11) is 0. The maximum absolute atomic E-state index is 12.7. The first-order chi connectivity index (χ1) is 14.8. The number of benzene rings is 1. The van der Waals surface area contributed by atoms with E-state index in [1.807, 2.05) is 18.2 Å². The lowest BCUT2D eigenvalue weighted by Gasteiger charge is -2.34. The van der Waals surface area contributed by atoms with Gasteiger partial charge in [0, 0.05) is 13.5 Å². The number of nitrogens with zero attached hydrogens (tertiary/aromatic N) is 1. The summed E-state index contributed by atoms with van der Waals surface area (Å²) in [6.45, 7) is 1.66. The summed E-state index contributed by atoms with van der Waals surface area (Å²) < 4.78 is 5.35. The maximum Gasteiger partial charge on any atom is 0.370 e. The molecule has 0 bridgehead atoms. The monoisotopic (exact) mass is 431 g/mol. The van der Waals surface area contributed by atoms with Gasteiger partial charge in [-0.1, -0.05) is 36.8 Å². The molecule has 1 aliphatic heterocycles. The molecule has 0 fully saturated rings. The van der Waals surface area contributed by atoms with Crippen molar-refractivity contribution in [2.75, 3.05) is 6.54 Å². The van der Waals surface area contributed by atoms with E-state index in [1.165, 1.54) is 12.5 Å². The van der Waals surface area contributed by atoms with Crippen LogP contribution in [0.5, 0.6) is 0 Å². The Labute approximate surface area is 180 Å². The number of unbranched alkanes of at least 4 members (excludes halogenated alkanes) is 2. The van der Waals surface area contributed by atoms with Gasteiger partial charge in [0.05, 0.1) is 0 Å². The molecule has 10 heteroatoms. The number of nitrogens with two attached hydrogens (primary N) is 2. The number of aliphatic imine (C=N–C) groups is 1. The number of aryl methyl sites for hydroxylation is 1. The number of aliphatic carboxylic acids is 1. The normalized spacial score (nSPS) is 20.0. The second-order valence-electron chi connectivity index (χ2n) is 7.23. The molecular weight excluding hydrogens is 402 g/mol. The molecule has 0 saturated heterocycles. The number of carbonyl (C=O) groups excluding carboxylic acids is 2. The molecule has 0 saturated carbocycles. The third-order valence-electron chi connectivity index (χ3n) is 4.69. The van der Waals surface area contributed by atoms with Crippen molar-refractivity contribution in [2.24, 2.45) is 16.5 Å². The zero-order valence-electron chi connectivity index (χ0n) is 17.4. The molecule has 31 heavy (non-hydrogen) atoms. The van der Waals surface area contributed by atoms with Crippen LogP contribution in [-0.2, 0) is 25.5 Å². The van der Waals surface area contributed by atoms with E-state index in [2.05, 4.69) is 27.8 Å². The third-order valence-corrected chi connectivity index (χ3v) is 4.69. The van der Waals surface area contributed by atoms with E-state index in [0.29, 0.717) is 6.54 Å². The fraction of sp³-hybridized carbons (Fsp3) is 0.429. The highest BCUT2D eigenvalue weighted by atomic mass is 16.5. The Kier molecular flexibility index (Phi) is 8.86. The molecule has 0 unspecified atom stereocenters. The van der Waals surface area contributed by atoms with E-state index >= 15 is 0 Å². The van der Waals surface area contributed by atoms with Crippen LogP contribution in [0.25, 0.3) is 0 Å². The predicted molar refractivity (Wildman–Crippen MR) is 115 cm³/mol. The Hall–Kier alpha value is -3.56. The van der Waals surface area contributed by atoms with E-state index in [-0.39, 0.29) is 5.96 Å². The number of amides is 2. The average Bonchev–Trinajstić information content (AvgIpc) is 2.71. The van der Waals surface area contributed by atoms with Crippen LogP contribution in [0.1, 0.15) is 31.7 Å². The Bertz CT molecular complexity index is 836. The van der Waals surface area contributed by atoms with Gasteiger partial charge in [-0.05, 0) is 30.9 Å². The van der Waals surface area contributed by atoms with Gasteiger partial charge in [-0.3, -0.25) is 9.59 Å². The Morgan fingerprint density at radius 3 is 2.45 bits per heavy atom. The molecule has 3 atom stereocenters. The van der Waals surface area contributed by atoms with Gasteiger partial charge in [0.2, 0.25) is 11.7 Å². The fourth-order valence-corrected chi connectivity index (χ4v) is 3.30. The number of ether oxygens (including phenoxy) is 1. The minimum Gasteiger partial charge on any atom is -0.475 e. The first-order valence-electron chi connectivity index (χ1n) is 10.1. The highest BCUT2D eigenvalue weighted by Crippen LogP contribution is 2.21. The molecule has 0 spiro atoms. The number of carboxylic acid groups (broad SMARTS) is 1. The second kappa shape index (κ2) is 11.6. The summed E-state index contributed by atoms with van der Waals surface area (Å²) in [5.41, 5.74) is 12.1. The highest BCUT2D eigenvalue weighted by Gasteiger charge is 2.41. The molecule has 7 N–H and O–H groups in total. The van der Waals surface area contributed by atoms with Crippen LogP contribution in [0.15, 0.2) is 47.2 Å². The Balaban J connectivity index is 1.95. The summed E-state index contributed by atoms with van der Waals surface area (Å²) in [4.78, 5) is 39.7. The third kappa shape index (κ3) is 7.65. The first kappa shape index (κ1) is 23.7. The first-order valence-corrected chi connectivity index (χ1v) is 10.1. The van der Waals surface area contributed by atoms with E-state index in [9.17, 15) is 19.5 Å². The number of carbonyl (C=O) groups is 3. The molecule has 168 valence electrons. The Morgan fingerprint density at radius 1 is 1.13 bits per heavy atom. The van der Waals surface area contributed by atoms with Crippen LogP contribution in [0.2, 0.25) is 0 Å². The minimum atomic E-state index is -1.37. The average molecular weight is 431 g/mol. The lowest BCUT2D eigenvalue weighted by Crippen LogP contribution is -2.58. The summed E-state index contributed by atoms with van der Waals surface area (Å²) in [6, 6.07) is 8.21. The van der Waals surface area contributed by atoms with Crippen LogP contribution >= 0.6 is 0 Å². The van der Waals surface area contributed by atoms with Crippen molar-refractivity contribution < 1.29 is 24.2 Å². The number of hydrogen-bond donors (Lipinski definition) is 5. The van der Waals surface area contributed by atoms with Gasteiger partial charge >= 0.3 is 5.97 Å². The molecule has 2 amide bonds. The highest BCUT2D eigenvalue weighted by molar-refractivity contribution is 5.89. The topological polar surface area (TPSA) is 169 Å². The fourth-order valence-electron chi connectivity index (χ4n) is 3.30. The number of hydrogen-bond acceptors (Lipinski definition) is 5. The van der Waals surface area contributed by atoms with E-state index in [4.69, 9.17) is 16.2 Å². The largest absolute Gasteiger partial charge is 0.475 e. The minimum absolute atomic E-state index is 0.305. The van der Waals surface area contributed by atoms with Gasteiger partial charge in [0.15, 0.2) is 12.1 Å². The van der Waals surface area contributed by atoms with Gasteiger partial charge in [0.25, 0.3) is 5.91 Å². The zero-order chi connectivity index (χ0) is 22.8. The van der Waals surface area contributed by atoms with E-state index < -0.39 is 41.7 Å². The van der Waals surface area contributed by atoms with Gasteiger partial charge in [-0.15, -0.1) is 0 Å². The van der Waals surface area contributed by atoms with Crippen LogP contribution in [0.4, 0.5) is 0 Å². The lowest BCUT2D eigenvalue weighted by atomic mass is 9.97. The smallest absolute Gasteiger partial charge is 0.370 e. The molecule has 1 aromatic carbocycles. The lowest BCUT2D eigenvalue weighted by molar-refractivity contribution is -0.143. The summed E-state index contributed by atoms with van der Waals surface area (Å²) in [5.74, 6) is -3.11. The summed E-state index contributed by atoms with van der Waals surface area (Å²) in [6.07, 6.45) is 3.46. The molecular formula is C21H29N5O5. The van der Waals surface area contributed by atoms with E-state index in [0.717, 1.165) is 31.8 Å². The van der Waals surface area contributed by atoms with Crippen molar-refractivity contribution in [1.82, 2.24) is 10.6 Å². The van der Waals surface area contributed by atoms with Crippen LogP contribution in [0.3, 0.4) is 0 Å². The molecule has 0 radical (unpaired) electrons. The molecule has 2 rings (SSSR count). The second-order valence-corrected chi connectivity index (χ2v) is 7.23. The van der Waals surface area contributed by atoms with Gasteiger partial charge in [-0.25, -0.2) is 9.79 Å². The van der Waals surface area contributed by atoms with Crippen molar-refractivity contribution in [3.63, 3.8) is 0 Å². The maximum atomic E-state index is 12.7. The number of nitrogens with one attached hydrogen (secondary N) is 2. The predicted octanol–water partition coefficient (Wildman–Crippen LogP) is 0.0296. The molecule has 0 aliphatic carbocycles. The number of carboxylic acids is 1. The van der Waals surface area contributed by atoms with Gasteiger partial charge in [-0.2, -0.15) is 0 Å². The van der Waals surface area contributed by atoms with Crippen molar-refractivity contribution in [3.8, 4) is 0 Å². The SMILES string of the molecule is CC(=O)N[C@@H]1[C@@H](N=C(N)N)C=C(C(=O)O)O[C@H]1C(=O)NCCCCCc1ccccc1. The molecule has 0 aromatic heterocycles. The van der Waals surface area contributed by atoms with Crippen LogP contribution in [0, 0.1) is 0 Å². The van der Waals surface area contributed by atoms with Crippen molar-refractivity contribution in [1.29, 1.82) is 0 Å². The quantitative estimate of drug-likeness (QED) is 0.198. The number of rotatable bonds is 10. The molecule has 10 nitrogen and oxygen atoms in total. The van der Waals surface area contributed by atoms with Gasteiger partial charge < -0.3 is 31.9 Å². The zero-order valence-corrected chi connectivity index (χ0v) is 17.4. The van der Waals surface area contributed by atoms with Crippen molar-refractivity contribution in [3.05, 3.63) is 47.7 Å². The van der Waals surface area contributed by atoms with E-state index in [1.54, 1.807) is 0 Å². The van der Waals surface area contributed by atoms with Crippen molar-refractivity contribution >= 4 is 23.7 Å². The summed E-state index contributed by atoms with van der Waals surface area (Å²) >= 11 is 0. The molecule has 1 aliphatic rings. The molecule has 1 aromatic rings. The van der Waals surface area contributed by atoms with Gasteiger partial charge in [0.1, 0.15) is 12.1 Å². The van der Waals surface area contributed by atoms with Crippen molar-refractivity contribution in [2.45, 2.75) is 50.8 Å². The molecule has 1 heterocycles. The summed E-state index contributed by atoms with van der Waals surface area (Å²) in [5, 5.41) is 14.6.